The van der Waals surface area contributed by atoms with Crippen LogP contribution in [0.4, 0.5) is 0 Å². The van der Waals surface area contributed by atoms with Gasteiger partial charge in [0.05, 0.1) is 6.42 Å². The maximum absolute atomic E-state index is 11.7. The van der Waals surface area contributed by atoms with Gasteiger partial charge in [0, 0.05) is 10.6 Å². The summed E-state index contributed by atoms with van der Waals surface area (Å²) >= 11 is 5.79. The summed E-state index contributed by atoms with van der Waals surface area (Å²) in [6.07, 6.45) is -1.14. The Morgan fingerprint density at radius 3 is 2.45 bits per heavy atom. The third kappa shape index (κ3) is 4.23. The first kappa shape index (κ1) is 15.9. The predicted molar refractivity (Wildman–Crippen MR) is 81.8 cm³/mol. The lowest BCUT2D eigenvalue weighted by Crippen LogP contribution is -2.26. The number of hydrogen-bond donors (Lipinski definition) is 2. The summed E-state index contributed by atoms with van der Waals surface area (Å²) in [6, 6.07) is 13.1. The van der Waals surface area contributed by atoms with E-state index in [4.69, 9.17) is 27.2 Å². The van der Waals surface area contributed by atoms with Crippen LogP contribution in [0.3, 0.4) is 0 Å². The van der Waals surface area contributed by atoms with E-state index in [9.17, 15) is 9.59 Å². The van der Waals surface area contributed by atoms with Crippen LogP contribution in [0.15, 0.2) is 48.5 Å². The maximum atomic E-state index is 11.7. The van der Waals surface area contributed by atoms with Crippen molar-refractivity contribution in [3.63, 3.8) is 0 Å². The van der Waals surface area contributed by atoms with E-state index in [0.29, 0.717) is 21.9 Å². The van der Waals surface area contributed by atoms with Gasteiger partial charge in [-0.05, 0) is 29.8 Å². The molecule has 3 N–H and O–H groups in total. The third-order valence-electron chi connectivity index (χ3n) is 2.94. The molecule has 6 heteroatoms. The Morgan fingerprint density at radius 2 is 1.86 bits per heavy atom. The molecule has 0 saturated heterocycles. The fourth-order valence-electron chi connectivity index (χ4n) is 1.98. The van der Waals surface area contributed by atoms with E-state index < -0.39 is 18.0 Å². The number of carboxylic acid groups (broad SMARTS) is 1. The van der Waals surface area contributed by atoms with Crippen molar-refractivity contribution in [1.82, 2.24) is 0 Å². The van der Waals surface area contributed by atoms with Crippen LogP contribution < -0.4 is 10.5 Å². The molecule has 5 nitrogen and oxygen atoms in total. The van der Waals surface area contributed by atoms with E-state index in [1.165, 1.54) is 0 Å². The summed E-state index contributed by atoms with van der Waals surface area (Å²) in [6.45, 7) is 0. The van der Waals surface area contributed by atoms with Gasteiger partial charge >= 0.3 is 5.97 Å². The highest BCUT2D eigenvalue weighted by atomic mass is 35.5. The molecular weight excluding hydrogens is 306 g/mol. The highest BCUT2D eigenvalue weighted by Gasteiger charge is 2.20. The lowest BCUT2D eigenvalue weighted by Gasteiger charge is -2.17. The van der Waals surface area contributed by atoms with Gasteiger partial charge in [-0.25, -0.2) is 0 Å². The SMILES string of the molecule is NC(=O)C(Oc1ccc(Cl)cc1)c1cccc(CC(=O)O)c1. The number of carboxylic acids is 1. The number of benzene rings is 2. The van der Waals surface area contributed by atoms with Crippen LogP contribution in [0.5, 0.6) is 5.75 Å². The molecule has 0 fully saturated rings. The van der Waals surface area contributed by atoms with E-state index in [0.717, 1.165) is 0 Å². The van der Waals surface area contributed by atoms with E-state index in [1.54, 1.807) is 48.5 Å². The van der Waals surface area contributed by atoms with Crippen LogP contribution in [0, 0.1) is 0 Å². The number of halogens is 1. The molecular formula is C16H14ClNO4. The molecule has 1 amide bonds. The Labute approximate surface area is 132 Å². The molecule has 0 saturated carbocycles. The predicted octanol–water partition coefficient (Wildman–Crippen LogP) is 2.57. The zero-order valence-electron chi connectivity index (χ0n) is 11.5. The van der Waals surface area contributed by atoms with Gasteiger partial charge in [0.1, 0.15) is 5.75 Å². The molecule has 0 spiro atoms. The summed E-state index contributed by atoms with van der Waals surface area (Å²) in [5, 5.41) is 9.38. The first-order valence-electron chi connectivity index (χ1n) is 6.48. The zero-order chi connectivity index (χ0) is 16.1. The Bertz CT molecular complexity index is 685. The normalized spacial score (nSPS) is 11.7. The van der Waals surface area contributed by atoms with Crippen LogP contribution in [0.1, 0.15) is 17.2 Å². The minimum Gasteiger partial charge on any atom is -0.481 e. The van der Waals surface area contributed by atoms with Crippen molar-refractivity contribution in [3.8, 4) is 5.75 Å². The van der Waals surface area contributed by atoms with Crippen LogP contribution in [-0.2, 0) is 16.0 Å². The van der Waals surface area contributed by atoms with Gasteiger partial charge < -0.3 is 15.6 Å². The minimum atomic E-state index is -1.00. The van der Waals surface area contributed by atoms with Crippen molar-refractivity contribution >= 4 is 23.5 Å². The molecule has 2 aromatic carbocycles. The van der Waals surface area contributed by atoms with Gasteiger partial charge in [0.15, 0.2) is 0 Å². The second kappa shape index (κ2) is 6.95. The molecule has 0 heterocycles. The second-order valence-corrected chi connectivity index (χ2v) is 5.11. The molecule has 2 aromatic rings. The summed E-state index contributed by atoms with van der Waals surface area (Å²) in [4.78, 5) is 22.4. The summed E-state index contributed by atoms with van der Waals surface area (Å²) < 4.78 is 5.60. The number of carbonyl (C=O) groups is 2. The van der Waals surface area contributed by atoms with Gasteiger partial charge in [0.25, 0.3) is 5.91 Å². The fourth-order valence-corrected chi connectivity index (χ4v) is 2.11. The van der Waals surface area contributed by atoms with Crippen molar-refractivity contribution in [3.05, 3.63) is 64.7 Å². The van der Waals surface area contributed by atoms with Crippen molar-refractivity contribution in [1.29, 1.82) is 0 Å². The molecule has 2 rings (SSSR count). The standard InChI is InChI=1S/C16H14ClNO4/c17-12-4-6-13(7-5-12)22-15(16(18)21)11-3-1-2-10(8-11)9-14(19)20/h1-8,15H,9H2,(H2,18,21)(H,19,20). The average molecular weight is 320 g/mol. The quantitative estimate of drug-likeness (QED) is 0.856. The Kier molecular flexibility index (Phi) is 5.01. The van der Waals surface area contributed by atoms with Crippen LogP contribution in [-0.4, -0.2) is 17.0 Å². The number of hydrogen-bond acceptors (Lipinski definition) is 3. The number of aliphatic carboxylic acids is 1. The molecule has 1 unspecified atom stereocenters. The van der Waals surface area contributed by atoms with Crippen LogP contribution in [0.25, 0.3) is 0 Å². The molecule has 0 aliphatic carbocycles. The van der Waals surface area contributed by atoms with Gasteiger partial charge in [-0.2, -0.15) is 0 Å². The number of amides is 1. The Morgan fingerprint density at radius 1 is 1.18 bits per heavy atom. The van der Waals surface area contributed by atoms with Crippen LogP contribution in [0.2, 0.25) is 5.02 Å². The monoisotopic (exact) mass is 319 g/mol. The van der Waals surface area contributed by atoms with E-state index >= 15 is 0 Å². The molecule has 0 bridgehead atoms. The maximum Gasteiger partial charge on any atom is 0.307 e. The summed E-state index contributed by atoms with van der Waals surface area (Å²) in [5.41, 5.74) is 6.46. The van der Waals surface area contributed by atoms with Crippen molar-refractivity contribution in [2.24, 2.45) is 5.73 Å². The number of nitrogens with two attached hydrogens (primary N) is 1. The first-order valence-corrected chi connectivity index (χ1v) is 6.85. The van der Waals surface area contributed by atoms with Gasteiger partial charge in [0.2, 0.25) is 6.10 Å². The highest BCUT2D eigenvalue weighted by Crippen LogP contribution is 2.24. The second-order valence-electron chi connectivity index (χ2n) is 4.67. The molecule has 1 atom stereocenters. The zero-order valence-corrected chi connectivity index (χ0v) is 12.3. The molecule has 0 radical (unpaired) electrons. The fraction of sp³-hybridized carbons (Fsp3) is 0.125. The molecule has 0 aromatic heterocycles. The number of rotatable bonds is 6. The lowest BCUT2D eigenvalue weighted by atomic mass is 10.0. The molecule has 114 valence electrons. The first-order chi connectivity index (χ1) is 10.5. The highest BCUT2D eigenvalue weighted by molar-refractivity contribution is 6.30. The van der Waals surface area contributed by atoms with Crippen molar-refractivity contribution in [2.45, 2.75) is 12.5 Å². The van der Waals surface area contributed by atoms with E-state index in [2.05, 4.69) is 0 Å². The van der Waals surface area contributed by atoms with E-state index in [1.807, 2.05) is 0 Å². The topological polar surface area (TPSA) is 89.6 Å². The molecule has 0 aliphatic rings. The molecule has 0 aliphatic heterocycles. The van der Waals surface area contributed by atoms with Gasteiger partial charge in [-0.15, -0.1) is 0 Å². The van der Waals surface area contributed by atoms with Crippen molar-refractivity contribution < 1.29 is 19.4 Å². The van der Waals surface area contributed by atoms with Gasteiger partial charge in [-0.1, -0.05) is 35.9 Å². The average Bonchev–Trinajstić information content (AvgIpc) is 2.46. The van der Waals surface area contributed by atoms with Crippen molar-refractivity contribution in [2.75, 3.05) is 0 Å². The summed E-state index contributed by atoms with van der Waals surface area (Å²) in [5.74, 6) is -1.18. The van der Waals surface area contributed by atoms with Gasteiger partial charge in [-0.3, -0.25) is 9.59 Å². The largest absolute Gasteiger partial charge is 0.481 e. The van der Waals surface area contributed by atoms with Crippen LogP contribution >= 0.6 is 11.6 Å². The number of ether oxygens (including phenoxy) is 1. The molecule has 22 heavy (non-hydrogen) atoms. The minimum absolute atomic E-state index is 0.139. The number of carbonyl (C=O) groups excluding carboxylic acids is 1. The van der Waals surface area contributed by atoms with E-state index in [-0.39, 0.29) is 6.42 Å². The number of primary amides is 1. The summed E-state index contributed by atoms with van der Waals surface area (Å²) in [7, 11) is 0. The Hall–Kier alpha value is -2.53. The lowest BCUT2D eigenvalue weighted by molar-refractivity contribution is -0.136. The third-order valence-corrected chi connectivity index (χ3v) is 3.19. The smallest absolute Gasteiger partial charge is 0.307 e. The Balaban J connectivity index is 2.26.